The minimum atomic E-state index is -2.60. The fourth-order valence-corrected chi connectivity index (χ4v) is 4.29. The molecule has 4 rings (SSSR count). The van der Waals surface area contributed by atoms with Crippen molar-refractivity contribution in [2.75, 3.05) is 24.6 Å². The molecule has 1 atom stereocenters. The van der Waals surface area contributed by atoms with Gasteiger partial charge in [0.05, 0.1) is 36.8 Å². The number of aromatic nitrogens is 2. The van der Waals surface area contributed by atoms with Gasteiger partial charge in [0.25, 0.3) is 11.9 Å². The molecule has 7 nitrogen and oxygen atoms in total. The summed E-state index contributed by atoms with van der Waals surface area (Å²) in [6, 6.07) is 6.13. The van der Waals surface area contributed by atoms with Crippen LogP contribution >= 0.6 is 0 Å². The second-order valence-electron chi connectivity index (χ2n) is 8.79. The van der Waals surface area contributed by atoms with Crippen LogP contribution in [0.15, 0.2) is 18.2 Å². The Balaban J connectivity index is 1.31. The third-order valence-corrected chi connectivity index (χ3v) is 5.96. The molecule has 1 aromatic heterocycles. The Hall–Kier alpha value is -2.42. The number of carbonyl (C=O) groups excluding carboxylic acids is 1. The monoisotopic (exact) mass is 436 g/mol. The van der Waals surface area contributed by atoms with Crippen LogP contribution < -0.4 is 15.0 Å². The minimum Gasteiger partial charge on any atom is -0.461 e. The number of hydrogen-bond acceptors (Lipinski definition) is 5. The lowest BCUT2D eigenvalue weighted by Gasteiger charge is -2.40. The summed E-state index contributed by atoms with van der Waals surface area (Å²) in [5.74, 6) is -2.65. The molecule has 1 aromatic carbocycles. The molecule has 2 aromatic rings. The molecule has 0 spiro atoms. The molecule has 0 bridgehead atoms. The number of fused-ring (bicyclic) bond motifs is 1. The number of nitrogens with zero attached hydrogens (tertiary/aromatic N) is 3. The molecule has 2 heterocycles. The number of rotatable bonds is 7. The van der Waals surface area contributed by atoms with E-state index in [9.17, 15) is 13.6 Å². The predicted molar refractivity (Wildman–Crippen MR) is 114 cm³/mol. The van der Waals surface area contributed by atoms with Gasteiger partial charge >= 0.3 is 0 Å². The number of aryl methyl sites for hydroxylation is 1. The van der Waals surface area contributed by atoms with E-state index in [0.717, 1.165) is 42.4 Å². The second kappa shape index (κ2) is 8.61. The highest BCUT2D eigenvalue weighted by atomic mass is 19.3. The fraction of sp³-hybridized carbons (Fsp3) is 0.636. The molecule has 9 heteroatoms. The summed E-state index contributed by atoms with van der Waals surface area (Å²) in [6.07, 6.45) is 3.78. The Morgan fingerprint density at radius 2 is 1.94 bits per heavy atom. The third kappa shape index (κ3) is 5.08. The zero-order chi connectivity index (χ0) is 22.2. The lowest BCUT2D eigenvalue weighted by atomic mass is 9.95. The van der Waals surface area contributed by atoms with Gasteiger partial charge in [-0.25, -0.2) is 8.78 Å². The molecular weight excluding hydrogens is 406 g/mol. The van der Waals surface area contributed by atoms with Crippen LogP contribution in [0, 0.1) is 0 Å². The standard InChI is InChI=1S/C22H30F2N4O3/c1-14(25-15(2)29)11-30-17-5-7-18(8-6-17)31-21-26-19-9-4-16(10-20(19)27(21)3)28-12-22(23,24)13-28/h4,9-10,14,17-18H,5-8,11-13H2,1-3H3,(H,25,29)/t14-,17?,18?/m0/s1. The Bertz CT molecular complexity index is 932. The Kier molecular flexibility index (Phi) is 6.05. The largest absolute Gasteiger partial charge is 0.461 e. The van der Waals surface area contributed by atoms with E-state index in [1.54, 1.807) is 4.90 Å². The summed E-state index contributed by atoms with van der Waals surface area (Å²) >= 11 is 0. The van der Waals surface area contributed by atoms with Crippen LogP contribution in [0.4, 0.5) is 14.5 Å². The molecule has 0 radical (unpaired) electrons. The first-order valence-electron chi connectivity index (χ1n) is 10.8. The summed E-state index contributed by atoms with van der Waals surface area (Å²) in [5.41, 5.74) is 2.43. The maximum absolute atomic E-state index is 13.2. The van der Waals surface area contributed by atoms with Gasteiger partial charge in [-0.1, -0.05) is 0 Å². The first-order valence-corrected chi connectivity index (χ1v) is 10.8. The number of imidazole rings is 1. The van der Waals surface area contributed by atoms with E-state index in [2.05, 4.69) is 10.3 Å². The zero-order valence-electron chi connectivity index (χ0n) is 18.2. The average molecular weight is 437 g/mol. The number of carbonyl (C=O) groups is 1. The maximum atomic E-state index is 13.2. The summed E-state index contributed by atoms with van der Waals surface area (Å²) in [7, 11) is 1.89. The van der Waals surface area contributed by atoms with Crippen molar-refractivity contribution in [1.82, 2.24) is 14.9 Å². The SMILES string of the molecule is CC(=O)N[C@@H](C)COC1CCC(Oc2nc3ccc(N4CC(F)(F)C4)cc3n2C)CC1. The zero-order valence-corrected chi connectivity index (χ0v) is 18.2. The van der Waals surface area contributed by atoms with Crippen molar-refractivity contribution < 1.29 is 23.0 Å². The smallest absolute Gasteiger partial charge is 0.297 e. The van der Waals surface area contributed by atoms with Crippen molar-refractivity contribution >= 4 is 22.6 Å². The van der Waals surface area contributed by atoms with Crippen LogP contribution in [-0.4, -0.2) is 59.3 Å². The molecule has 2 fully saturated rings. The van der Waals surface area contributed by atoms with Gasteiger partial charge < -0.3 is 19.7 Å². The molecule has 0 unspecified atom stereocenters. The van der Waals surface area contributed by atoms with E-state index in [1.807, 2.05) is 36.7 Å². The Labute approximate surface area is 180 Å². The summed E-state index contributed by atoms with van der Waals surface area (Å²) < 4.78 is 40.4. The van der Waals surface area contributed by atoms with E-state index >= 15 is 0 Å². The van der Waals surface area contributed by atoms with Crippen molar-refractivity contribution in [3.05, 3.63) is 18.2 Å². The van der Waals surface area contributed by atoms with Crippen molar-refractivity contribution in [3.8, 4) is 6.01 Å². The quantitative estimate of drug-likeness (QED) is 0.722. The van der Waals surface area contributed by atoms with Gasteiger partial charge in [-0.3, -0.25) is 9.36 Å². The highest BCUT2D eigenvalue weighted by molar-refractivity contribution is 5.81. The van der Waals surface area contributed by atoms with Crippen molar-refractivity contribution in [3.63, 3.8) is 0 Å². The van der Waals surface area contributed by atoms with Gasteiger partial charge in [0.15, 0.2) is 0 Å². The first kappa shape index (κ1) is 21.8. The molecule has 1 N–H and O–H groups in total. The number of anilines is 1. The number of alkyl halides is 2. The van der Waals surface area contributed by atoms with Crippen molar-refractivity contribution in [2.45, 2.75) is 63.7 Å². The van der Waals surface area contributed by atoms with Gasteiger partial charge in [0.2, 0.25) is 5.91 Å². The van der Waals surface area contributed by atoms with Crippen LogP contribution in [0.5, 0.6) is 6.01 Å². The minimum absolute atomic E-state index is 0.00106. The molecule has 1 saturated carbocycles. The number of amides is 1. The highest BCUT2D eigenvalue weighted by Gasteiger charge is 2.44. The number of benzene rings is 1. The van der Waals surface area contributed by atoms with Crippen molar-refractivity contribution in [1.29, 1.82) is 0 Å². The third-order valence-electron chi connectivity index (χ3n) is 5.96. The van der Waals surface area contributed by atoms with Crippen LogP contribution in [0.2, 0.25) is 0 Å². The van der Waals surface area contributed by atoms with Gasteiger partial charge in [-0.05, 0) is 50.8 Å². The van der Waals surface area contributed by atoms with Crippen LogP contribution in [0.3, 0.4) is 0 Å². The predicted octanol–water partition coefficient (Wildman–Crippen LogP) is 3.26. The molecule has 31 heavy (non-hydrogen) atoms. The first-order chi connectivity index (χ1) is 14.7. The normalized spacial score (nSPS) is 24.0. The van der Waals surface area contributed by atoms with E-state index in [1.165, 1.54) is 6.92 Å². The molecule has 170 valence electrons. The number of ether oxygens (including phenoxy) is 2. The lowest BCUT2D eigenvalue weighted by molar-refractivity contribution is -0.120. The molecule has 1 aliphatic carbocycles. The van der Waals surface area contributed by atoms with Crippen molar-refractivity contribution in [2.24, 2.45) is 7.05 Å². The summed E-state index contributed by atoms with van der Waals surface area (Å²) in [6.45, 7) is 3.46. The summed E-state index contributed by atoms with van der Waals surface area (Å²) in [5, 5.41) is 2.83. The van der Waals surface area contributed by atoms with Crippen LogP contribution in [-0.2, 0) is 16.6 Å². The average Bonchev–Trinajstić information content (AvgIpc) is 3.00. The fourth-order valence-electron chi connectivity index (χ4n) is 4.29. The topological polar surface area (TPSA) is 68.6 Å². The number of nitrogens with one attached hydrogen (secondary N) is 1. The van der Waals surface area contributed by atoms with E-state index in [0.29, 0.717) is 12.6 Å². The van der Waals surface area contributed by atoms with Gasteiger partial charge in [0, 0.05) is 25.7 Å². The molecule has 1 saturated heterocycles. The van der Waals surface area contributed by atoms with E-state index in [4.69, 9.17) is 9.47 Å². The van der Waals surface area contributed by atoms with Gasteiger partial charge in [-0.15, -0.1) is 0 Å². The lowest BCUT2D eigenvalue weighted by Crippen LogP contribution is -2.56. The highest BCUT2D eigenvalue weighted by Crippen LogP contribution is 2.34. The van der Waals surface area contributed by atoms with Crippen LogP contribution in [0.1, 0.15) is 39.5 Å². The van der Waals surface area contributed by atoms with Crippen LogP contribution in [0.25, 0.3) is 11.0 Å². The Morgan fingerprint density at radius 1 is 1.26 bits per heavy atom. The molecule has 2 aliphatic rings. The molecule has 1 aliphatic heterocycles. The molecule has 1 amide bonds. The Morgan fingerprint density at radius 3 is 2.58 bits per heavy atom. The number of hydrogen-bond donors (Lipinski definition) is 1. The maximum Gasteiger partial charge on any atom is 0.297 e. The number of halogens is 2. The van der Waals surface area contributed by atoms with Gasteiger partial charge in [0.1, 0.15) is 6.10 Å². The van der Waals surface area contributed by atoms with Gasteiger partial charge in [-0.2, -0.15) is 4.98 Å². The molecular formula is C22H30F2N4O3. The summed E-state index contributed by atoms with van der Waals surface area (Å²) in [4.78, 5) is 17.3. The second-order valence-corrected chi connectivity index (χ2v) is 8.79. The van der Waals surface area contributed by atoms with E-state index < -0.39 is 5.92 Å². The van der Waals surface area contributed by atoms with E-state index in [-0.39, 0.29) is 37.2 Å².